The van der Waals surface area contributed by atoms with Crippen LogP contribution < -0.4 is 0 Å². The van der Waals surface area contributed by atoms with E-state index in [-0.39, 0.29) is 36.6 Å². The maximum atomic E-state index is 12.4. The van der Waals surface area contributed by atoms with Gasteiger partial charge in [0.1, 0.15) is 12.2 Å². The van der Waals surface area contributed by atoms with Crippen LogP contribution in [0.15, 0.2) is 0 Å². The summed E-state index contributed by atoms with van der Waals surface area (Å²) in [7, 11) is 0. The van der Waals surface area contributed by atoms with E-state index >= 15 is 0 Å². The van der Waals surface area contributed by atoms with Gasteiger partial charge in [-0.1, -0.05) is 13.8 Å². The van der Waals surface area contributed by atoms with Gasteiger partial charge in [0.15, 0.2) is 5.60 Å². The van der Waals surface area contributed by atoms with E-state index < -0.39 is 23.6 Å². The molecule has 2 aliphatic heterocycles. The van der Waals surface area contributed by atoms with Crippen LogP contribution in [0.3, 0.4) is 0 Å². The highest BCUT2D eigenvalue weighted by atomic mass is 16.6. The third-order valence-electron chi connectivity index (χ3n) is 6.03. The molecule has 0 saturated carbocycles. The van der Waals surface area contributed by atoms with Gasteiger partial charge in [0.25, 0.3) is 0 Å². The Balaban J connectivity index is 1.94. The lowest BCUT2D eigenvalue weighted by Gasteiger charge is -2.30. The topological polar surface area (TPSA) is 102 Å². The molecular weight excluding hydrogens is 366 g/mol. The van der Waals surface area contributed by atoms with E-state index in [1.165, 1.54) is 20.8 Å². The van der Waals surface area contributed by atoms with E-state index in [2.05, 4.69) is 4.90 Å². The summed E-state index contributed by atoms with van der Waals surface area (Å²) < 4.78 is 16.0. The molecule has 0 aromatic heterocycles. The molecule has 8 nitrogen and oxygen atoms in total. The summed E-state index contributed by atoms with van der Waals surface area (Å²) in [5.41, 5.74) is -1.93. The van der Waals surface area contributed by atoms with E-state index in [1.54, 1.807) is 0 Å². The van der Waals surface area contributed by atoms with E-state index in [0.717, 1.165) is 32.4 Å². The molecule has 2 fully saturated rings. The summed E-state index contributed by atoms with van der Waals surface area (Å²) in [6.45, 7) is 9.59. The van der Waals surface area contributed by atoms with Gasteiger partial charge in [0, 0.05) is 19.4 Å². The number of hydrogen-bond donors (Lipinski definition) is 1. The number of hydrogen-bond acceptors (Lipinski definition) is 8. The molecule has 0 radical (unpaired) electrons. The number of rotatable bonds is 8. The predicted molar refractivity (Wildman–Crippen MR) is 100 cm³/mol. The zero-order chi connectivity index (χ0) is 21.1. The second-order valence-electron chi connectivity index (χ2n) is 8.15. The summed E-state index contributed by atoms with van der Waals surface area (Å²) in [5, 5.41) is 10.4. The summed E-state index contributed by atoms with van der Waals surface area (Å²) in [6.07, 6.45) is 1.12. The van der Waals surface area contributed by atoms with Crippen molar-refractivity contribution in [1.82, 2.24) is 4.90 Å². The van der Waals surface area contributed by atoms with Crippen molar-refractivity contribution in [2.45, 2.75) is 77.7 Å². The Labute approximate surface area is 166 Å². The Hall–Kier alpha value is -1.67. The van der Waals surface area contributed by atoms with Gasteiger partial charge in [-0.3, -0.25) is 14.5 Å². The van der Waals surface area contributed by atoms with Gasteiger partial charge in [0.05, 0.1) is 18.6 Å². The Morgan fingerprint density at radius 3 is 2.46 bits per heavy atom. The highest BCUT2D eigenvalue weighted by Crippen LogP contribution is 2.35. The zero-order valence-electron chi connectivity index (χ0n) is 17.5. The molecule has 2 heterocycles. The van der Waals surface area contributed by atoms with Crippen molar-refractivity contribution >= 4 is 17.9 Å². The van der Waals surface area contributed by atoms with Crippen LogP contribution in [0, 0.1) is 11.8 Å². The smallest absolute Gasteiger partial charge is 0.341 e. The van der Waals surface area contributed by atoms with Crippen molar-refractivity contribution in [3.63, 3.8) is 0 Å². The second-order valence-corrected chi connectivity index (χ2v) is 8.15. The fourth-order valence-corrected chi connectivity index (χ4v) is 3.81. The van der Waals surface area contributed by atoms with Gasteiger partial charge in [-0.15, -0.1) is 0 Å². The first-order valence-electron chi connectivity index (χ1n) is 10.1. The van der Waals surface area contributed by atoms with Crippen LogP contribution in [0.4, 0.5) is 0 Å². The minimum Gasteiger partial charge on any atom is -0.463 e. The van der Waals surface area contributed by atoms with Crippen molar-refractivity contribution in [3.8, 4) is 0 Å². The van der Waals surface area contributed by atoms with Gasteiger partial charge < -0.3 is 19.3 Å². The van der Waals surface area contributed by atoms with E-state index in [0.29, 0.717) is 0 Å². The Bertz CT molecular complexity index is 591. The van der Waals surface area contributed by atoms with Crippen molar-refractivity contribution in [1.29, 1.82) is 0 Å². The number of esters is 3. The average Bonchev–Trinajstić information content (AvgIpc) is 3.21. The van der Waals surface area contributed by atoms with Gasteiger partial charge in [0.2, 0.25) is 0 Å². The van der Waals surface area contributed by atoms with E-state index in [9.17, 15) is 19.5 Å². The molecule has 0 spiro atoms. The first-order valence-corrected chi connectivity index (χ1v) is 10.1. The van der Waals surface area contributed by atoms with Crippen molar-refractivity contribution < 1.29 is 33.7 Å². The molecular formula is C20H33NO7. The fourth-order valence-electron chi connectivity index (χ4n) is 3.81. The van der Waals surface area contributed by atoms with Crippen LogP contribution in [0.25, 0.3) is 0 Å². The lowest BCUT2D eigenvalue weighted by atomic mass is 9.96. The summed E-state index contributed by atoms with van der Waals surface area (Å²) >= 11 is 0. The number of nitrogens with zero attached hydrogens (tertiary/aromatic N) is 1. The Morgan fingerprint density at radius 2 is 1.86 bits per heavy atom. The van der Waals surface area contributed by atoms with Gasteiger partial charge in [-0.05, 0) is 39.7 Å². The third kappa shape index (κ3) is 5.03. The summed E-state index contributed by atoms with van der Waals surface area (Å²) in [4.78, 5) is 37.9. The molecule has 2 saturated heterocycles. The largest absolute Gasteiger partial charge is 0.463 e. The second kappa shape index (κ2) is 9.22. The van der Waals surface area contributed by atoms with Crippen LogP contribution in [-0.2, 0) is 28.6 Å². The SMILES string of the molecule is CCC(C)C(=O)O[C@@H]1CCN2CC[C@H](COC(=O)[C@@](C)(O)[C@H](C)OC(C)=O)C12. The van der Waals surface area contributed by atoms with Gasteiger partial charge >= 0.3 is 17.9 Å². The van der Waals surface area contributed by atoms with Crippen molar-refractivity contribution in [2.75, 3.05) is 19.7 Å². The highest BCUT2D eigenvalue weighted by Gasteiger charge is 2.47. The molecule has 0 aromatic rings. The maximum Gasteiger partial charge on any atom is 0.341 e. The molecule has 2 unspecified atom stereocenters. The summed E-state index contributed by atoms with van der Waals surface area (Å²) in [5.74, 6) is -1.70. The molecule has 1 N–H and O–H groups in total. The van der Waals surface area contributed by atoms with Crippen LogP contribution in [0.5, 0.6) is 0 Å². The molecule has 0 bridgehead atoms. The number of aliphatic hydroxyl groups is 1. The lowest BCUT2D eigenvalue weighted by molar-refractivity contribution is -0.184. The normalized spacial score (nSPS) is 28.7. The molecule has 0 aromatic carbocycles. The van der Waals surface area contributed by atoms with Crippen LogP contribution >= 0.6 is 0 Å². The number of ether oxygens (including phenoxy) is 3. The molecule has 8 heteroatoms. The molecule has 28 heavy (non-hydrogen) atoms. The molecule has 160 valence electrons. The minimum atomic E-state index is -1.93. The first kappa shape index (κ1) is 22.6. The predicted octanol–water partition coefficient (Wildman–Crippen LogP) is 1.28. The number of carbonyl (C=O) groups excluding carboxylic acids is 3. The van der Waals surface area contributed by atoms with Crippen molar-refractivity contribution in [3.05, 3.63) is 0 Å². The molecule has 6 atom stereocenters. The number of carbonyl (C=O) groups is 3. The van der Waals surface area contributed by atoms with Crippen LogP contribution in [-0.4, -0.2) is 71.5 Å². The molecule has 0 aliphatic carbocycles. The first-order chi connectivity index (χ1) is 13.1. The fraction of sp³-hybridized carbons (Fsp3) is 0.850. The zero-order valence-corrected chi connectivity index (χ0v) is 17.5. The van der Waals surface area contributed by atoms with Crippen LogP contribution in [0.2, 0.25) is 0 Å². The third-order valence-corrected chi connectivity index (χ3v) is 6.03. The summed E-state index contributed by atoms with van der Waals surface area (Å²) in [6, 6.07) is 0.0247. The van der Waals surface area contributed by atoms with E-state index in [1.807, 2.05) is 13.8 Å². The standard InChI is InChI=1S/C20H33NO7/c1-6-12(2)18(23)28-16-8-10-21-9-7-15(17(16)21)11-26-19(24)20(5,25)13(3)27-14(4)22/h12-13,15-17,25H,6-11H2,1-5H3/t12?,13-,15+,16+,17?,20-/m0/s1. The van der Waals surface area contributed by atoms with Crippen LogP contribution in [0.1, 0.15) is 53.9 Å². The molecule has 0 amide bonds. The van der Waals surface area contributed by atoms with Gasteiger partial charge in [-0.2, -0.15) is 0 Å². The molecule has 2 rings (SSSR count). The molecule has 2 aliphatic rings. The number of fused-ring (bicyclic) bond motifs is 1. The van der Waals surface area contributed by atoms with E-state index in [4.69, 9.17) is 14.2 Å². The average molecular weight is 399 g/mol. The van der Waals surface area contributed by atoms with Gasteiger partial charge in [-0.25, -0.2) is 4.79 Å². The monoisotopic (exact) mass is 399 g/mol. The van der Waals surface area contributed by atoms with Crippen molar-refractivity contribution in [2.24, 2.45) is 11.8 Å². The minimum absolute atomic E-state index is 0.0247. The Morgan fingerprint density at radius 1 is 1.21 bits per heavy atom. The maximum absolute atomic E-state index is 12.4. The lowest BCUT2D eigenvalue weighted by Crippen LogP contribution is -2.49. The highest BCUT2D eigenvalue weighted by molar-refractivity contribution is 5.80. The Kier molecular flexibility index (Phi) is 7.45. The quantitative estimate of drug-likeness (QED) is 0.481.